The second-order valence-electron chi connectivity index (χ2n) is 6.82. The summed E-state index contributed by atoms with van der Waals surface area (Å²) in [7, 11) is 0. The number of fused-ring (bicyclic) bond motifs is 1. The average Bonchev–Trinajstić information content (AvgIpc) is 3.52. The predicted octanol–water partition coefficient (Wildman–Crippen LogP) is 2.71. The molecule has 4 rings (SSSR count). The summed E-state index contributed by atoms with van der Waals surface area (Å²) in [6.45, 7) is -0.000479. The Kier molecular flexibility index (Phi) is 4.98. The number of ether oxygens (including phenoxy) is 1. The van der Waals surface area contributed by atoms with E-state index < -0.39 is 0 Å². The normalized spacial score (nSPS) is 14.8. The molecule has 1 aliphatic rings. The van der Waals surface area contributed by atoms with Crippen molar-refractivity contribution in [3.05, 3.63) is 76.3 Å². The molecule has 27 heavy (non-hydrogen) atoms. The first kappa shape index (κ1) is 17.4. The molecule has 1 saturated carbocycles. The van der Waals surface area contributed by atoms with Gasteiger partial charge >= 0.3 is 0 Å². The standard InChI is InChI=1S/C21H21N3O3/c25-19(24-20(15-10-11-15)14-6-2-1-3-7-14)13-27-12-18-22-17-9-5-4-8-16(17)21(26)23-18/h1-9,15,20H,10-13H2,(H,24,25)(H,22,23,26)/t20-/m1/s1. The third kappa shape index (κ3) is 4.23. The van der Waals surface area contributed by atoms with Gasteiger partial charge in [-0.1, -0.05) is 42.5 Å². The molecule has 3 aromatic rings. The van der Waals surface area contributed by atoms with Gasteiger partial charge in [0.1, 0.15) is 19.0 Å². The second-order valence-corrected chi connectivity index (χ2v) is 6.82. The first-order valence-corrected chi connectivity index (χ1v) is 9.11. The molecule has 0 spiro atoms. The topological polar surface area (TPSA) is 84.1 Å². The van der Waals surface area contributed by atoms with Crippen LogP contribution >= 0.6 is 0 Å². The van der Waals surface area contributed by atoms with Gasteiger partial charge in [-0.3, -0.25) is 9.59 Å². The van der Waals surface area contributed by atoms with Crippen molar-refractivity contribution in [2.75, 3.05) is 6.61 Å². The van der Waals surface area contributed by atoms with Crippen molar-refractivity contribution in [1.29, 1.82) is 0 Å². The van der Waals surface area contributed by atoms with Crippen LogP contribution in [0.25, 0.3) is 10.9 Å². The molecule has 0 bridgehead atoms. The molecule has 1 atom stereocenters. The Bertz CT molecular complexity index is 996. The van der Waals surface area contributed by atoms with E-state index in [-0.39, 0.29) is 30.7 Å². The van der Waals surface area contributed by atoms with Gasteiger partial charge in [-0.25, -0.2) is 4.98 Å². The van der Waals surface area contributed by atoms with Crippen LogP contribution in [0.1, 0.15) is 30.3 Å². The number of amides is 1. The Labute approximate surface area is 156 Å². The van der Waals surface area contributed by atoms with Crippen molar-refractivity contribution in [2.45, 2.75) is 25.5 Å². The van der Waals surface area contributed by atoms with Crippen molar-refractivity contribution in [1.82, 2.24) is 15.3 Å². The fraction of sp³-hybridized carbons (Fsp3) is 0.286. The number of hydrogen-bond donors (Lipinski definition) is 2. The minimum Gasteiger partial charge on any atom is -0.364 e. The Balaban J connectivity index is 1.35. The summed E-state index contributed by atoms with van der Waals surface area (Å²) in [6.07, 6.45) is 2.26. The highest BCUT2D eigenvalue weighted by Crippen LogP contribution is 2.40. The van der Waals surface area contributed by atoms with E-state index in [1.165, 1.54) is 0 Å². The number of hydrogen-bond acceptors (Lipinski definition) is 4. The molecular formula is C21H21N3O3. The summed E-state index contributed by atoms with van der Waals surface area (Å²) in [6, 6.07) is 17.2. The van der Waals surface area contributed by atoms with Crippen LogP contribution in [0.3, 0.4) is 0 Å². The smallest absolute Gasteiger partial charge is 0.258 e. The van der Waals surface area contributed by atoms with Gasteiger partial charge in [-0.15, -0.1) is 0 Å². The largest absolute Gasteiger partial charge is 0.364 e. The van der Waals surface area contributed by atoms with Crippen molar-refractivity contribution in [3.63, 3.8) is 0 Å². The van der Waals surface area contributed by atoms with E-state index in [0.29, 0.717) is 22.6 Å². The molecule has 1 aliphatic carbocycles. The zero-order valence-corrected chi connectivity index (χ0v) is 14.9. The van der Waals surface area contributed by atoms with Gasteiger partial charge in [0.15, 0.2) is 0 Å². The van der Waals surface area contributed by atoms with Crippen molar-refractivity contribution >= 4 is 16.8 Å². The van der Waals surface area contributed by atoms with Gasteiger partial charge in [-0.2, -0.15) is 0 Å². The number of nitrogens with one attached hydrogen (secondary N) is 2. The molecule has 1 aromatic heterocycles. The lowest BCUT2D eigenvalue weighted by molar-refractivity contribution is -0.127. The monoisotopic (exact) mass is 363 g/mol. The molecule has 1 fully saturated rings. The average molecular weight is 363 g/mol. The van der Waals surface area contributed by atoms with Crippen LogP contribution in [0.5, 0.6) is 0 Å². The SMILES string of the molecule is O=C(COCc1nc2ccccc2c(=O)[nH]1)N[C@H](c1ccccc1)C1CC1. The molecule has 0 saturated heterocycles. The molecule has 1 heterocycles. The van der Waals surface area contributed by atoms with E-state index in [0.717, 1.165) is 18.4 Å². The first-order valence-electron chi connectivity index (χ1n) is 9.11. The lowest BCUT2D eigenvalue weighted by Gasteiger charge is -2.18. The van der Waals surface area contributed by atoms with E-state index in [1.807, 2.05) is 36.4 Å². The van der Waals surface area contributed by atoms with Crippen LogP contribution in [0.2, 0.25) is 0 Å². The third-order valence-corrected chi connectivity index (χ3v) is 4.70. The number of carbonyl (C=O) groups excluding carboxylic acids is 1. The maximum atomic E-state index is 12.3. The van der Waals surface area contributed by atoms with Gasteiger partial charge in [0.05, 0.1) is 16.9 Å². The van der Waals surface area contributed by atoms with Gasteiger partial charge in [0.25, 0.3) is 5.56 Å². The van der Waals surface area contributed by atoms with Crippen LogP contribution in [0.15, 0.2) is 59.4 Å². The summed E-state index contributed by atoms with van der Waals surface area (Å²) in [4.78, 5) is 31.4. The quantitative estimate of drug-likeness (QED) is 0.676. The molecule has 138 valence electrons. The highest BCUT2D eigenvalue weighted by atomic mass is 16.5. The van der Waals surface area contributed by atoms with Crippen LogP contribution < -0.4 is 10.9 Å². The number of H-pyrrole nitrogens is 1. The lowest BCUT2D eigenvalue weighted by atomic mass is 10.0. The maximum Gasteiger partial charge on any atom is 0.258 e. The summed E-state index contributed by atoms with van der Waals surface area (Å²) in [5.41, 5.74) is 1.53. The Morgan fingerprint density at radius 3 is 2.67 bits per heavy atom. The van der Waals surface area contributed by atoms with Gasteiger partial charge < -0.3 is 15.0 Å². The summed E-state index contributed by atoms with van der Waals surface area (Å²) in [5.74, 6) is 0.738. The van der Waals surface area contributed by atoms with Gasteiger partial charge in [0.2, 0.25) is 5.91 Å². The molecule has 0 aliphatic heterocycles. The molecule has 2 N–H and O–H groups in total. The molecule has 1 amide bonds. The number of rotatable bonds is 7. The summed E-state index contributed by atoms with van der Waals surface area (Å²) < 4.78 is 5.48. The molecular weight excluding hydrogens is 342 g/mol. The van der Waals surface area contributed by atoms with E-state index in [1.54, 1.807) is 18.2 Å². The predicted molar refractivity (Wildman–Crippen MR) is 102 cm³/mol. The minimum absolute atomic E-state index is 0.0286. The van der Waals surface area contributed by atoms with E-state index in [4.69, 9.17) is 4.74 Å². The summed E-state index contributed by atoms with van der Waals surface area (Å²) in [5, 5.41) is 3.60. The molecule has 2 aromatic carbocycles. The molecule has 6 heteroatoms. The number of benzene rings is 2. The van der Waals surface area contributed by atoms with Crippen molar-refractivity contribution in [2.24, 2.45) is 5.92 Å². The minimum atomic E-state index is -0.207. The fourth-order valence-electron chi connectivity index (χ4n) is 3.22. The molecule has 0 unspecified atom stereocenters. The van der Waals surface area contributed by atoms with Crippen LogP contribution in [0, 0.1) is 5.92 Å². The third-order valence-electron chi connectivity index (χ3n) is 4.70. The Hall–Kier alpha value is -2.99. The van der Waals surface area contributed by atoms with Crippen LogP contribution in [0.4, 0.5) is 0 Å². The number of aromatic amines is 1. The zero-order chi connectivity index (χ0) is 18.6. The van der Waals surface area contributed by atoms with Crippen molar-refractivity contribution < 1.29 is 9.53 Å². The van der Waals surface area contributed by atoms with Gasteiger partial charge in [0, 0.05) is 0 Å². The number of aromatic nitrogens is 2. The van der Waals surface area contributed by atoms with Crippen LogP contribution in [-0.2, 0) is 16.1 Å². The second kappa shape index (κ2) is 7.72. The molecule has 6 nitrogen and oxygen atoms in total. The van der Waals surface area contributed by atoms with E-state index in [9.17, 15) is 9.59 Å². The number of para-hydroxylation sites is 1. The highest BCUT2D eigenvalue weighted by Gasteiger charge is 2.33. The molecule has 0 radical (unpaired) electrons. The lowest BCUT2D eigenvalue weighted by Crippen LogP contribution is -2.33. The number of nitrogens with zero attached hydrogens (tertiary/aromatic N) is 1. The first-order chi connectivity index (χ1) is 13.2. The van der Waals surface area contributed by atoms with Crippen molar-refractivity contribution in [3.8, 4) is 0 Å². The van der Waals surface area contributed by atoms with Crippen LogP contribution in [-0.4, -0.2) is 22.5 Å². The maximum absolute atomic E-state index is 12.3. The highest BCUT2D eigenvalue weighted by molar-refractivity contribution is 5.78. The Morgan fingerprint density at radius 1 is 1.15 bits per heavy atom. The van der Waals surface area contributed by atoms with E-state index >= 15 is 0 Å². The number of carbonyl (C=O) groups is 1. The zero-order valence-electron chi connectivity index (χ0n) is 14.9. The Morgan fingerprint density at radius 2 is 1.89 bits per heavy atom. The summed E-state index contributed by atoms with van der Waals surface area (Å²) >= 11 is 0. The van der Waals surface area contributed by atoms with E-state index in [2.05, 4.69) is 15.3 Å². The van der Waals surface area contributed by atoms with Gasteiger partial charge in [-0.05, 0) is 36.5 Å². The fourth-order valence-corrected chi connectivity index (χ4v) is 3.22.